The minimum Gasteiger partial charge on any atom is -0.382 e. The second-order valence-corrected chi connectivity index (χ2v) is 9.15. The molecule has 1 saturated carbocycles. The summed E-state index contributed by atoms with van der Waals surface area (Å²) in [5, 5.41) is 7.05. The predicted molar refractivity (Wildman–Crippen MR) is 130 cm³/mol. The van der Waals surface area contributed by atoms with Gasteiger partial charge in [0.25, 0.3) is 0 Å². The molecule has 0 spiro atoms. The quantitative estimate of drug-likeness (QED) is 0.283. The summed E-state index contributed by atoms with van der Waals surface area (Å²) in [7, 11) is 0. The molecule has 0 radical (unpaired) electrons. The number of ether oxygens (including phenoxy) is 3. The highest BCUT2D eigenvalue weighted by molar-refractivity contribution is 5.79. The van der Waals surface area contributed by atoms with Crippen molar-refractivity contribution in [1.29, 1.82) is 0 Å². The number of benzene rings is 1. The largest absolute Gasteiger partial charge is 0.382 e. The maximum atomic E-state index is 6.08. The Morgan fingerprint density at radius 1 is 1.12 bits per heavy atom. The Kier molecular flexibility index (Phi) is 10.8. The van der Waals surface area contributed by atoms with E-state index in [4.69, 9.17) is 19.2 Å². The summed E-state index contributed by atoms with van der Waals surface area (Å²) >= 11 is 0. The van der Waals surface area contributed by atoms with Gasteiger partial charge in [-0.1, -0.05) is 37.1 Å². The van der Waals surface area contributed by atoms with Crippen molar-refractivity contribution in [1.82, 2.24) is 10.6 Å². The van der Waals surface area contributed by atoms with Gasteiger partial charge in [-0.05, 0) is 62.5 Å². The van der Waals surface area contributed by atoms with Crippen molar-refractivity contribution in [2.24, 2.45) is 10.4 Å². The topological polar surface area (TPSA) is 64.1 Å². The number of aliphatic imine (C=N–C) groups is 1. The van der Waals surface area contributed by atoms with E-state index in [0.29, 0.717) is 24.7 Å². The summed E-state index contributed by atoms with van der Waals surface area (Å²) in [6.07, 6.45) is 8.64. The molecule has 2 aliphatic rings. The molecule has 6 nitrogen and oxygen atoms in total. The van der Waals surface area contributed by atoms with Crippen LogP contribution in [-0.2, 0) is 27.4 Å². The van der Waals surface area contributed by atoms with Crippen LogP contribution in [0.3, 0.4) is 0 Å². The van der Waals surface area contributed by atoms with Crippen LogP contribution in [-0.4, -0.2) is 51.6 Å². The molecule has 1 aliphatic heterocycles. The Hall–Kier alpha value is -1.63. The van der Waals surface area contributed by atoms with E-state index < -0.39 is 0 Å². The second-order valence-electron chi connectivity index (χ2n) is 9.15. The number of nitrogens with one attached hydrogen (secondary N) is 2. The Balaban J connectivity index is 1.52. The van der Waals surface area contributed by atoms with Gasteiger partial charge in [0.2, 0.25) is 0 Å². The van der Waals surface area contributed by atoms with Crippen LogP contribution in [0.1, 0.15) is 69.9 Å². The van der Waals surface area contributed by atoms with E-state index in [1.807, 2.05) is 0 Å². The van der Waals surface area contributed by atoms with E-state index in [1.165, 1.54) is 36.8 Å². The van der Waals surface area contributed by atoms with Crippen LogP contribution in [0.15, 0.2) is 29.3 Å². The number of hydrogen-bond acceptors (Lipinski definition) is 4. The Labute approximate surface area is 194 Å². The molecule has 0 unspecified atom stereocenters. The van der Waals surface area contributed by atoms with Crippen LogP contribution < -0.4 is 10.6 Å². The molecule has 1 aliphatic carbocycles. The van der Waals surface area contributed by atoms with Crippen molar-refractivity contribution in [3.05, 3.63) is 35.4 Å². The van der Waals surface area contributed by atoms with Gasteiger partial charge >= 0.3 is 0 Å². The van der Waals surface area contributed by atoms with Crippen LogP contribution in [0.4, 0.5) is 0 Å². The van der Waals surface area contributed by atoms with E-state index >= 15 is 0 Å². The highest BCUT2D eigenvalue weighted by Gasteiger charge is 2.33. The lowest BCUT2D eigenvalue weighted by atomic mass is 9.83. The standard InChI is InChI=1S/C26H43N3O3/c1-3-27-25(29-21-26(12-5-6-13-26)14-17-30-4-2)28-19-22-8-7-9-23(18-22)20-32-24-10-15-31-16-11-24/h7-9,18,24H,3-6,10-17,19-21H2,1-2H3,(H2,27,28,29). The molecule has 2 N–H and O–H groups in total. The van der Waals surface area contributed by atoms with Gasteiger partial charge in [0.1, 0.15) is 0 Å². The maximum Gasteiger partial charge on any atom is 0.191 e. The van der Waals surface area contributed by atoms with Crippen LogP contribution >= 0.6 is 0 Å². The highest BCUT2D eigenvalue weighted by Crippen LogP contribution is 2.40. The summed E-state index contributed by atoms with van der Waals surface area (Å²) in [5.41, 5.74) is 2.76. The summed E-state index contributed by atoms with van der Waals surface area (Å²) in [5.74, 6) is 0.902. The third-order valence-corrected chi connectivity index (χ3v) is 6.69. The number of hydrogen-bond donors (Lipinski definition) is 2. The molecule has 1 saturated heterocycles. The molecule has 0 bridgehead atoms. The third-order valence-electron chi connectivity index (χ3n) is 6.69. The van der Waals surface area contributed by atoms with Gasteiger partial charge in [0.05, 0.1) is 19.3 Å². The Morgan fingerprint density at radius 2 is 1.91 bits per heavy atom. The van der Waals surface area contributed by atoms with Gasteiger partial charge in [-0.15, -0.1) is 0 Å². The molecule has 1 heterocycles. The third kappa shape index (κ3) is 8.38. The van der Waals surface area contributed by atoms with Crippen molar-refractivity contribution < 1.29 is 14.2 Å². The predicted octanol–water partition coefficient (Wildman–Crippen LogP) is 4.42. The molecular weight excluding hydrogens is 402 g/mol. The van der Waals surface area contributed by atoms with Crippen LogP contribution in [0.25, 0.3) is 0 Å². The molecule has 0 amide bonds. The molecule has 32 heavy (non-hydrogen) atoms. The van der Waals surface area contributed by atoms with Gasteiger partial charge in [0.15, 0.2) is 5.96 Å². The first-order valence-electron chi connectivity index (χ1n) is 12.6. The molecule has 1 aromatic rings. The van der Waals surface area contributed by atoms with Gasteiger partial charge in [-0.2, -0.15) is 0 Å². The van der Waals surface area contributed by atoms with Gasteiger partial charge in [-0.25, -0.2) is 4.99 Å². The zero-order valence-corrected chi connectivity index (χ0v) is 20.2. The summed E-state index contributed by atoms with van der Waals surface area (Å²) < 4.78 is 17.2. The minimum absolute atomic E-state index is 0.320. The fraction of sp³-hybridized carbons (Fsp3) is 0.731. The fourth-order valence-electron chi connectivity index (χ4n) is 4.73. The van der Waals surface area contributed by atoms with Crippen molar-refractivity contribution in [3.8, 4) is 0 Å². The van der Waals surface area contributed by atoms with Crippen molar-refractivity contribution in [2.75, 3.05) is 39.5 Å². The van der Waals surface area contributed by atoms with Gasteiger partial charge in [0, 0.05) is 39.5 Å². The summed E-state index contributed by atoms with van der Waals surface area (Å²) in [6.45, 7) is 10.6. The molecule has 6 heteroatoms. The molecule has 3 rings (SSSR count). The lowest BCUT2D eigenvalue weighted by Crippen LogP contribution is -2.43. The number of nitrogens with zero attached hydrogens (tertiary/aromatic N) is 1. The van der Waals surface area contributed by atoms with E-state index in [9.17, 15) is 0 Å². The Bertz CT molecular complexity index is 683. The second kappa shape index (κ2) is 13.8. The molecule has 1 aromatic carbocycles. The van der Waals surface area contributed by atoms with Crippen LogP contribution in [0.5, 0.6) is 0 Å². The lowest BCUT2D eigenvalue weighted by molar-refractivity contribution is -0.0390. The lowest BCUT2D eigenvalue weighted by Gasteiger charge is -2.30. The average molecular weight is 446 g/mol. The molecular formula is C26H43N3O3. The van der Waals surface area contributed by atoms with Crippen LogP contribution in [0.2, 0.25) is 0 Å². The fourth-order valence-corrected chi connectivity index (χ4v) is 4.73. The Morgan fingerprint density at radius 3 is 2.66 bits per heavy atom. The van der Waals surface area contributed by atoms with E-state index in [-0.39, 0.29) is 0 Å². The zero-order chi connectivity index (χ0) is 22.5. The van der Waals surface area contributed by atoms with Crippen molar-refractivity contribution in [3.63, 3.8) is 0 Å². The first-order chi connectivity index (χ1) is 15.7. The van der Waals surface area contributed by atoms with E-state index in [2.05, 4.69) is 48.7 Å². The van der Waals surface area contributed by atoms with E-state index in [0.717, 1.165) is 64.7 Å². The number of guanidine groups is 1. The number of rotatable bonds is 12. The average Bonchev–Trinajstić information content (AvgIpc) is 3.30. The van der Waals surface area contributed by atoms with E-state index in [1.54, 1.807) is 0 Å². The first-order valence-corrected chi connectivity index (χ1v) is 12.6. The smallest absolute Gasteiger partial charge is 0.191 e. The van der Waals surface area contributed by atoms with Crippen molar-refractivity contribution in [2.45, 2.75) is 78.0 Å². The molecule has 2 fully saturated rings. The summed E-state index contributed by atoms with van der Waals surface area (Å²) in [4.78, 5) is 4.87. The van der Waals surface area contributed by atoms with Gasteiger partial charge < -0.3 is 24.8 Å². The zero-order valence-electron chi connectivity index (χ0n) is 20.2. The van der Waals surface area contributed by atoms with Crippen molar-refractivity contribution >= 4 is 5.96 Å². The SMILES string of the molecule is CCNC(=NCc1cccc(COC2CCOCC2)c1)NCC1(CCOCC)CCCC1. The van der Waals surface area contributed by atoms with Gasteiger partial charge in [-0.3, -0.25) is 0 Å². The minimum atomic E-state index is 0.320. The highest BCUT2D eigenvalue weighted by atomic mass is 16.5. The monoisotopic (exact) mass is 445 g/mol. The maximum absolute atomic E-state index is 6.08. The molecule has 180 valence electrons. The molecule has 0 aromatic heterocycles. The molecule has 0 atom stereocenters. The first kappa shape index (κ1) is 25.0. The summed E-state index contributed by atoms with van der Waals surface area (Å²) in [6, 6.07) is 8.60. The van der Waals surface area contributed by atoms with Crippen LogP contribution in [0, 0.1) is 5.41 Å². The normalized spacial score (nSPS) is 19.2.